The quantitative estimate of drug-likeness (QED) is 0.543. The van der Waals surface area contributed by atoms with Crippen LogP contribution in [0.15, 0.2) is 83.5 Å². The van der Waals surface area contributed by atoms with Gasteiger partial charge < -0.3 is 15.1 Å². The first-order valence-electron chi connectivity index (χ1n) is 9.92. The van der Waals surface area contributed by atoms with Crippen molar-refractivity contribution < 1.29 is 14.0 Å². The molecule has 1 unspecified atom stereocenters. The number of benzene rings is 2. The molecule has 0 saturated heterocycles. The molecule has 0 aliphatic heterocycles. The Balaban J connectivity index is 1.49. The summed E-state index contributed by atoms with van der Waals surface area (Å²) >= 11 is 0. The highest BCUT2D eigenvalue weighted by Gasteiger charge is 2.15. The minimum Gasteiger partial charge on any atom is -0.459 e. The van der Waals surface area contributed by atoms with Gasteiger partial charge in [0.25, 0.3) is 5.91 Å². The Morgan fingerprint density at radius 3 is 2.31 bits per heavy atom. The summed E-state index contributed by atoms with van der Waals surface area (Å²) in [5.41, 5.74) is 2.39. The number of carbonyl (C=O) groups is 2. The summed E-state index contributed by atoms with van der Waals surface area (Å²) in [7, 11) is 0. The largest absolute Gasteiger partial charge is 0.459 e. The molecule has 0 radical (unpaired) electrons. The topological polar surface area (TPSA) is 71.3 Å². The molecule has 1 heterocycles. The molecule has 0 aliphatic rings. The third-order valence-corrected chi connectivity index (χ3v) is 4.72. The van der Waals surface area contributed by atoms with Crippen molar-refractivity contribution in [2.45, 2.75) is 31.7 Å². The third-order valence-electron chi connectivity index (χ3n) is 4.72. The van der Waals surface area contributed by atoms with Crippen molar-refractivity contribution in [1.82, 2.24) is 10.6 Å². The average Bonchev–Trinajstić information content (AvgIpc) is 3.29. The van der Waals surface area contributed by atoms with Gasteiger partial charge in [-0.25, -0.2) is 0 Å². The van der Waals surface area contributed by atoms with E-state index in [0.29, 0.717) is 0 Å². The van der Waals surface area contributed by atoms with Crippen molar-refractivity contribution >= 4 is 11.8 Å². The lowest BCUT2D eigenvalue weighted by atomic mass is 9.99. The molecule has 29 heavy (non-hydrogen) atoms. The number of aryl methyl sites for hydroxylation is 1. The van der Waals surface area contributed by atoms with Crippen LogP contribution in [0.1, 0.15) is 47.0 Å². The Labute approximate surface area is 171 Å². The zero-order chi connectivity index (χ0) is 20.3. The van der Waals surface area contributed by atoms with Crippen molar-refractivity contribution in [2.24, 2.45) is 0 Å². The second kappa shape index (κ2) is 10.9. The second-order valence-electron chi connectivity index (χ2n) is 6.89. The molecule has 3 rings (SSSR count). The van der Waals surface area contributed by atoms with Crippen LogP contribution < -0.4 is 10.6 Å². The highest BCUT2D eigenvalue weighted by Crippen LogP contribution is 2.20. The molecule has 0 spiro atoms. The Hall–Kier alpha value is -3.34. The van der Waals surface area contributed by atoms with E-state index in [1.165, 1.54) is 11.8 Å². The van der Waals surface area contributed by atoms with Crippen molar-refractivity contribution in [2.75, 3.05) is 6.54 Å². The second-order valence-corrected chi connectivity index (χ2v) is 6.89. The maximum absolute atomic E-state index is 12.4. The predicted octanol–water partition coefficient (Wildman–Crippen LogP) is 4.28. The summed E-state index contributed by atoms with van der Waals surface area (Å²) in [6.45, 7) is 0.261. The van der Waals surface area contributed by atoms with Gasteiger partial charge in [-0.3, -0.25) is 9.59 Å². The number of amides is 2. The van der Waals surface area contributed by atoms with E-state index in [1.54, 1.807) is 12.1 Å². The summed E-state index contributed by atoms with van der Waals surface area (Å²) in [6, 6.07) is 23.5. The van der Waals surface area contributed by atoms with Crippen LogP contribution >= 0.6 is 0 Å². The first-order valence-corrected chi connectivity index (χ1v) is 9.92. The molecule has 0 saturated carbocycles. The van der Waals surface area contributed by atoms with E-state index in [4.69, 9.17) is 4.42 Å². The van der Waals surface area contributed by atoms with E-state index in [0.717, 1.165) is 24.8 Å². The molecular weight excluding hydrogens is 364 g/mol. The number of nitrogens with one attached hydrogen (secondary N) is 2. The fraction of sp³-hybridized carbons (Fsp3) is 0.250. The highest BCUT2D eigenvalue weighted by molar-refractivity contribution is 5.91. The minimum absolute atomic E-state index is 0.0480. The molecule has 0 fully saturated rings. The van der Waals surface area contributed by atoms with E-state index in [2.05, 4.69) is 22.8 Å². The maximum Gasteiger partial charge on any atom is 0.286 e. The molecule has 0 bridgehead atoms. The molecule has 3 aromatic rings. The lowest BCUT2D eigenvalue weighted by Crippen LogP contribution is -2.33. The summed E-state index contributed by atoms with van der Waals surface area (Å²) in [4.78, 5) is 24.3. The van der Waals surface area contributed by atoms with Gasteiger partial charge >= 0.3 is 0 Å². The fourth-order valence-corrected chi connectivity index (χ4v) is 3.21. The van der Waals surface area contributed by atoms with Gasteiger partial charge in [0.1, 0.15) is 0 Å². The van der Waals surface area contributed by atoms with Crippen molar-refractivity contribution in [3.8, 4) is 0 Å². The lowest BCUT2D eigenvalue weighted by molar-refractivity contribution is -0.121. The predicted molar refractivity (Wildman–Crippen MR) is 112 cm³/mol. The molecule has 150 valence electrons. The minimum atomic E-state index is -0.315. The van der Waals surface area contributed by atoms with Crippen LogP contribution in [-0.2, 0) is 11.2 Å². The van der Waals surface area contributed by atoms with Gasteiger partial charge in [0.15, 0.2) is 5.76 Å². The summed E-state index contributed by atoms with van der Waals surface area (Å²) in [6.07, 6.45) is 4.46. The van der Waals surface area contributed by atoms with Crippen molar-refractivity contribution in [3.63, 3.8) is 0 Å². The summed E-state index contributed by atoms with van der Waals surface area (Å²) in [5, 5.41) is 5.81. The number of hydrogen-bond acceptors (Lipinski definition) is 3. The van der Waals surface area contributed by atoms with Gasteiger partial charge in [-0.05, 0) is 42.5 Å². The maximum atomic E-state index is 12.4. The Kier molecular flexibility index (Phi) is 7.63. The van der Waals surface area contributed by atoms with Gasteiger partial charge in [0.2, 0.25) is 5.91 Å². The molecule has 2 N–H and O–H groups in total. The lowest BCUT2D eigenvalue weighted by Gasteiger charge is -2.19. The molecule has 1 atom stereocenters. The van der Waals surface area contributed by atoms with Crippen LogP contribution in [-0.4, -0.2) is 18.4 Å². The number of furan rings is 1. The molecular formula is C24H26N2O3. The van der Waals surface area contributed by atoms with Crippen LogP contribution in [0.3, 0.4) is 0 Å². The van der Waals surface area contributed by atoms with Crippen molar-refractivity contribution in [1.29, 1.82) is 0 Å². The first kappa shape index (κ1) is 20.4. The summed E-state index contributed by atoms with van der Waals surface area (Å²) < 4.78 is 5.04. The van der Waals surface area contributed by atoms with E-state index < -0.39 is 0 Å². The van der Waals surface area contributed by atoms with Crippen LogP contribution in [0.2, 0.25) is 0 Å². The van der Waals surface area contributed by atoms with Gasteiger partial charge in [-0.1, -0.05) is 60.7 Å². The molecule has 0 aliphatic carbocycles. The Bertz CT molecular complexity index is 877. The highest BCUT2D eigenvalue weighted by atomic mass is 16.3. The monoisotopic (exact) mass is 390 g/mol. The van der Waals surface area contributed by atoms with Crippen molar-refractivity contribution in [3.05, 3.63) is 95.9 Å². The number of carbonyl (C=O) groups excluding carboxylic acids is 2. The van der Waals surface area contributed by atoms with Crippen LogP contribution in [0, 0.1) is 0 Å². The van der Waals surface area contributed by atoms with Crippen LogP contribution in [0.4, 0.5) is 0 Å². The van der Waals surface area contributed by atoms with Gasteiger partial charge in [0.05, 0.1) is 12.3 Å². The number of hydrogen-bond donors (Lipinski definition) is 2. The van der Waals surface area contributed by atoms with Gasteiger partial charge in [-0.15, -0.1) is 0 Å². The zero-order valence-corrected chi connectivity index (χ0v) is 16.3. The van der Waals surface area contributed by atoms with E-state index >= 15 is 0 Å². The van der Waals surface area contributed by atoms with E-state index in [-0.39, 0.29) is 36.6 Å². The number of rotatable bonds is 10. The zero-order valence-electron chi connectivity index (χ0n) is 16.3. The molecule has 2 amide bonds. The third kappa shape index (κ3) is 6.64. The molecule has 5 nitrogen and oxygen atoms in total. The summed E-state index contributed by atoms with van der Waals surface area (Å²) in [5.74, 6) is -0.155. The molecule has 1 aromatic heterocycles. The van der Waals surface area contributed by atoms with E-state index in [1.807, 2.05) is 48.5 Å². The fourth-order valence-electron chi connectivity index (χ4n) is 3.21. The normalized spacial score (nSPS) is 11.6. The SMILES string of the molecule is O=C(CCNC(=O)c1ccco1)NC(CCCc1ccccc1)c1ccccc1. The first-order chi connectivity index (χ1) is 14.2. The van der Waals surface area contributed by atoms with Crippen LogP contribution in [0.25, 0.3) is 0 Å². The smallest absolute Gasteiger partial charge is 0.286 e. The van der Waals surface area contributed by atoms with Gasteiger partial charge in [-0.2, -0.15) is 0 Å². The van der Waals surface area contributed by atoms with Gasteiger partial charge in [0, 0.05) is 13.0 Å². The standard InChI is InChI=1S/C24H26N2O3/c27-23(16-17-25-24(28)22-15-8-18-29-22)26-21(20-12-5-2-6-13-20)14-7-11-19-9-3-1-4-10-19/h1-6,8-10,12-13,15,18,21H,7,11,14,16-17H2,(H,25,28)(H,26,27). The molecule has 5 heteroatoms. The van der Waals surface area contributed by atoms with E-state index in [9.17, 15) is 9.59 Å². The van der Waals surface area contributed by atoms with Crippen LogP contribution in [0.5, 0.6) is 0 Å². The average molecular weight is 390 g/mol. The Morgan fingerprint density at radius 1 is 0.897 bits per heavy atom. The Morgan fingerprint density at radius 2 is 1.62 bits per heavy atom. The molecule has 2 aromatic carbocycles.